The summed E-state index contributed by atoms with van der Waals surface area (Å²) in [6.45, 7) is -0.719. The molecule has 11 heteroatoms. The van der Waals surface area contributed by atoms with Crippen LogP contribution in [0, 0.1) is 0 Å². The fraction of sp³-hybridized carbons (Fsp3) is 0.583. The van der Waals surface area contributed by atoms with Gasteiger partial charge in [-0.2, -0.15) is 0 Å². The molecule has 1 aliphatic rings. The van der Waals surface area contributed by atoms with Crippen molar-refractivity contribution in [2.75, 3.05) is 30.8 Å². The van der Waals surface area contributed by atoms with E-state index in [1.54, 1.807) is 0 Å². The number of ether oxygens (including phenoxy) is 1. The standard InChI is InChI=1S/C12H19N5O6/c13-9-6(11(22)14-1-2-18)10(16-4-15-9)17-12-8(21)7(20)5(3-19)23-12/h4-5,7-8,12,18-21H,1-3H2,(H,14,22)(H3,13,15,16,17)/t5-,7-,8-,12-/m1/s1. The predicted octanol–water partition coefficient (Wildman–Crippen LogP) is -3.37. The summed E-state index contributed by atoms with van der Waals surface area (Å²) in [6, 6.07) is 0. The number of anilines is 2. The first-order chi connectivity index (χ1) is 11.0. The fourth-order valence-corrected chi connectivity index (χ4v) is 2.14. The zero-order valence-electron chi connectivity index (χ0n) is 12.1. The van der Waals surface area contributed by atoms with Crippen molar-refractivity contribution in [3.8, 4) is 0 Å². The highest BCUT2D eigenvalue weighted by molar-refractivity contribution is 6.02. The molecule has 0 saturated carbocycles. The Morgan fingerprint density at radius 2 is 2.04 bits per heavy atom. The molecule has 0 bridgehead atoms. The molecule has 128 valence electrons. The lowest BCUT2D eigenvalue weighted by Crippen LogP contribution is -2.37. The maximum Gasteiger partial charge on any atom is 0.258 e. The Labute approximate surface area is 131 Å². The third-order valence-corrected chi connectivity index (χ3v) is 3.32. The van der Waals surface area contributed by atoms with Crippen LogP contribution in [-0.2, 0) is 4.74 Å². The third kappa shape index (κ3) is 3.65. The second kappa shape index (κ2) is 7.48. The number of aliphatic hydroxyl groups is 4. The molecule has 1 aliphatic heterocycles. The minimum atomic E-state index is -1.34. The van der Waals surface area contributed by atoms with Crippen molar-refractivity contribution in [3.63, 3.8) is 0 Å². The van der Waals surface area contributed by atoms with E-state index in [-0.39, 0.29) is 30.4 Å². The number of nitrogens with one attached hydrogen (secondary N) is 2. The highest BCUT2D eigenvalue weighted by Crippen LogP contribution is 2.25. The van der Waals surface area contributed by atoms with Crippen molar-refractivity contribution in [3.05, 3.63) is 11.9 Å². The molecule has 11 nitrogen and oxygen atoms in total. The Hall–Kier alpha value is -2.05. The first-order valence-corrected chi connectivity index (χ1v) is 6.88. The summed E-state index contributed by atoms with van der Waals surface area (Å²) in [6.07, 6.45) is -3.57. The van der Waals surface area contributed by atoms with Gasteiger partial charge in [0.15, 0.2) is 6.23 Å². The summed E-state index contributed by atoms with van der Waals surface area (Å²) >= 11 is 0. The van der Waals surface area contributed by atoms with E-state index in [0.29, 0.717) is 0 Å². The molecule has 2 heterocycles. The number of amides is 1. The van der Waals surface area contributed by atoms with Crippen molar-refractivity contribution in [1.82, 2.24) is 15.3 Å². The van der Waals surface area contributed by atoms with Crippen LogP contribution in [0.3, 0.4) is 0 Å². The average molecular weight is 329 g/mol. The van der Waals surface area contributed by atoms with E-state index in [4.69, 9.17) is 20.7 Å². The van der Waals surface area contributed by atoms with E-state index < -0.39 is 37.1 Å². The van der Waals surface area contributed by atoms with Gasteiger partial charge in [0.25, 0.3) is 5.91 Å². The van der Waals surface area contributed by atoms with E-state index in [1.807, 2.05) is 0 Å². The Morgan fingerprint density at radius 1 is 1.30 bits per heavy atom. The maximum atomic E-state index is 12.1. The van der Waals surface area contributed by atoms with Gasteiger partial charge in [-0.05, 0) is 0 Å². The van der Waals surface area contributed by atoms with Crippen LogP contribution in [0.15, 0.2) is 6.33 Å². The molecule has 0 spiro atoms. The largest absolute Gasteiger partial charge is 0.395 e. The molecule has 2 rings (SSSR count). The second-order valence-electron chi connectivity index (χ2n) is 4.87. The number of nitrogen functional groups attached to an aromatic ring is 1. The number of carbonyl (C=O) groups is 1. The predicted molar refractivity (Wildman–Crippen MR) is 77.2 cm³/mol. The molecule has 0 aromatic carbocycles. The quantitative estimate of drug-likeness (QED) is 0.278. The summed E-state index contributed by atoms with van der Waals surface area (Å²) in [5.74, 6) is -0.737. The summed E-state index contributed by atoms with van der Waals surface area (Å²) in [4.78, 5) is 19.7. The van der Waals surface area contributed by atoms with Gasteiger partial charge >= 0.3 is 0 Å². The van der Waals surface area contributed by atoms with E-state index in [1.165, 1.54) is 0 Å². The molecule has 1 aromatic heterocycles. The number of carbonyl (C=O) groups excluding carboxylic acids is 1. The highest BCUT2D eigenvalue weighted by atomic mass is 16.6. The summed E-state index contributed by atoms with van der Waals surface area (Å²) in [5, 5.41) is 42.5. The third-order valence-electron chi connectivity index (χ3n) is 3.32. The van der Waals surface area contributed by atoms with Gasteiger partial charge < -0.3 is 41.5 Å². The lowest BCUT2D eigenvalue weighted by atomic mass is 10.1. The van der Waals surface area contributed by atoms with Crippen molar-refractivity contribution < 1.29 is 30.0 Å². The monoisotopic (exact) mass is 329 g/mol. The van der Waals surface area contributed by atoms with Gasteiger partial charge in [0.1, 0.15) is 41.8 Å². The Bertz CT molecular complexity index is 559. The topological polar surface area (TPSA) is 183 Å². The molecule has 4 atom stereocenters. The lowest BCUT2D eigenvalue weighted by molar-refractivity contribution is -0.0154. The highest BCUT2D eigenvalue weighted by Gasteiger charge is 2.43. The lowest BCUT2D eigenvalue weighted by Gasteiger charge is -2.19. The zero-order valence-corrected chi connectivity index (χ0v) is 12.1. The summed E-state index contributed by atoms with van der Waals surface area (Å²) in [5.41, 5.74) is 5.59. The Morgan fingerprint density at radius 3 is 2.65 bits per heavy atom. The molecule has 1 fully saturated rings. The van der Waals surface area contributed by atoms with Gasteiger partial charge in [0, 0.05) is 6.54 Å². The van der Waals surface area contributed by atoms with Gasteiger partial charge in [-0.15, -0.1) is 0 Å². The van der Waals surface area contributed by atoms with Crippen LogP contribution in [0.25, 0.3) is 0 Å². The van der Waals surface area contributed by atoms with Crippen molar-refractivity contribution >= 4 is 17.5 Å². The number of aromatic nitrogens is 2. The van der Waals surface area contributed by atoms with Crippen LogP contribution in [0.2, 0.25) is 0 Å². The molecule has 1 aromatic rings. The zero-order chi connectivity index (χ0) is 17.0. The molecule has 1 saturated heterocycles. The van der Waals surface area contributed by atoms with Crippen molar-refractivity contribution in [2.24, 2.45) is 0 Å². The molecule has 0 aliphatic carbocycles. The summed E-state index contributed by atoms with van der Waals surface area (Å²) < 4.78 is 5.26. The second-order valence-corrected chi connectivity index (χ2v) is 4.87. The minimum absolute atomic E-state index is 0.0113. The Balaban J connectivity index is 2.20. The number of hydrogen-bond donors (Lipinski definition) is 7. The van der Waals surface area contributed by atoms with Crippen LogP contribution >= 0.6 is 0 Å². The van der Waals surface area contributed by atoms with Gasteiger partial charge in [-0.25, -0.2) is 9.97 Å². The van der Waals surface area contributed by atoms with E-state index in [9.17, 15) is 15.0 Å². The molecule has 1 amide bonds. The van der Waals surface area contributed by atoms with Gasteiger partial charge in [-0.1, -0.05) is 0 Å². The summed E-state index contributed by atoms with van der Waals surface area (Å²) in [7, 11) is 0. The smallest absolute Gasteiger partial charge is 0.258 e. The molecule has 8 N–H and O–H groups in total. The number of nitrogens with zero attached hydrogens (tertiary/aromatic N) is 2. The van der Waals surface area contributed by atoms with E-state index in [2.05, 4.69) is 20.6 Å². The SMILES string of the molecule is Nc1ncnc(N[C@@H]2O[C@H](CO)[C@@H](O)[C@H]2O)c1C(=O)NCCO. The van der Waals surface area contributed by atoms with Gasteiger partial charge in [-0.3, -0.25) is 4.79 Å². The van der Waals surface area contributed by atoms with Crippen LogP contribution < -0.4 is 16.4 Å². The molecule has 0 radical (unpaired) electrons. The first-order valence-electron chi connectivity index (χ1n) is 6.88. The van der Waals surface area contributed by atoms with Gasteiger partial charge in [0.05, 0.1) is 13.2 Å². The van der Waals surface area contributed by atoms with Crippen LogP contribution in [-0.4, -0.2) is 80.6 Å². The first kappa shape index (κ1) is 17.3. The van der Waals surface area contributed by atoms with Crippen molar-refractivity contribution in [1.29, 1.82) is 0 Å². The molecular formula is C12H19N5O6. The number of rotatable bonds is 6. The fourth-order valence-electron chi connectivity index (χ4n) is 2.14. The molecule has 23 heavy (non-hydrogen) atoms. The average Bonchev–Trinajstić information content (AvgIpc) is 2.80. The number of hydrogen-bond acceptors (Lipinski definition) is 10. The van der Waals surface area contributed by atoms with Crippen LogP contribution in [0.4, 0.5) is 11.6 Å². The number of aliphatic hydroxyl groups excluding tert-OH is 4. The maximum absolute atomic E-state index is 12.1. The normalized spacial score (nSPS) is 27.0. The van der Waals surface area contributed by atoms with Crippen molar-refractivity contribution in [2.45, 2.75) is 24.5 Å². The van der Waals surface area contributed by atoms with E-state index in [0.717, 1.165) is 6.33 Å². The van der Waals surface area contributed by atoms with Gasteiger partial charge in [0.2, 0.25) is 0 Å². The molecule has 0 unspecified atom stereocenters. The van der Waals surface area contributed by atoms with Crippen LogP contribution in [0.1, 0.15) is 10.4 Å². The minimum Gasteiger partial charge on any atom is -0.395 e. The van der Waals surface area contributed by atoms with E-state index >= 15 is 0 Å². The molecular weight excluding hydrogens is 310 g/mol. The Kier molecular flexibility index (Phi) is 5.63. The number of nitrogens with two attached hydrogens (primary N) is 1. The van der Waals surface area contributed by atoms with Crippen LogP contribution in [0.5, 0.6) is 0 Å².